The van der Waals surface area contributed by atoms with Gasteiger partial charge in [-0.05, 0) is 34.6 Å². The monoisotopic (exact) mass is 381 g/mol. The van der Waals surface area contributed by atoms with Gasteiger partial charge in [-0.25, -0.2) is 14.8 Å². The highest BCUT2D eigenvalue weighted by Crippen LogP contribution is 2.30. The first kappa shape index (κ1) is 20.1. The predicted molar refractivity (Wildman–Crippen MR) is 113 cm³/mol. The number of urea groups is 1. The van der Waals surface area contributed by atoms with Crippen molar-refractivity contribution in [2.24, 2.45) is 0 Å². The molecule has 6 heteroatoms. The topological polar surface area (TPSA) is 61.4 Å². The summed E-state index contributed by atoms with van der Waals surface area (Å²) in [5, 5.41) is 3.06. The summed E-state index contributed by atoms with van der Waals surface area (Å²) in [6, 6.07) is 10.3. The van der Waals surface area contributed by atoms with E-state index in [4.69, 9.17) is 9.97 Å². The second kappa shape index (κ2) is 7.78. The summed E-state index contributed by atoms with van der Waals surface area (Å²) in [4.78, 5) is 26.5. The number of benzene rings is 1. The minimum absolute atomic E-state index is 0.0385. The minimum Gasteiger partial charge on any atom is -0.357 e. The highest BCUT2D eigenvalue weighted by Gasteiger charge is 2.29. The van der Waals surface area contributed by atoms with Crippen molar-refractivity contribution >= 4 is 11.8 Å². The summed E-state index contributed by atoms with van der Waals surface area (Å²) in [6.07, 6.45) is 0.730. The molecule has 0 spiro atoms. The van der Waals surface area contributed by atoms with Crippen LogP contribution in [-0.4, -0.2) is 46.1 Å². The summed E-state index contributed by atoms with van der Waals surface area (Å²) in [5.41, 5.74) is 2.83. The minimum atomic E-state index is -0.261. The van der Waals surface area contributed by atoms with Crippen molar-refractivity contribution in [2.75, 3.05) is 18.5 Å². The van der Waals surface area contributed by atoms with E-state index in [-0.39, 0.29) is 11.6 Å². The first-order chi connectivity index (χ1) is 13.2. The van der Waals surface area contributed by atoms with E-state index in [2.05, 4.69) is 31.1 Å². The number of nitrogens with zero attached hydrogens (tertiary/aromatic N) is 4. The van der Waals surface area contributed by atoms with Gasteiger partial charge in [-0.1, -0.05) is 30.3 Å². The summed E-state index contributed by atoms with van der Waals surface area (Å²) < 4.78 is 0. The van der Waals surface area contributed by atoms with E-state index in [1.54, 1.807) is 0 Å². The Hall–Kier alpha value is -2.63. The number of aromatic nitrogens is 2. The molecule has 28 heavy (non-hydrogen) atoms. The molecule has 0 atom stereocenters. The van der Waals surface area contributed by atoms with Crippen molar-refractivity contribution in [1.29, 1.82) is 0 Å². The molecule has 0 saturated heterocycles. The summed E-state index contributed by atoms with van der Waals surface area (Å²) in [5.74, 6) is 1.65. The van der Waals surface area contributed by atoms with Crippen molar-refractivity contribution in [1.82, 2.24) is 20.2 Å². The average Bonchev–Trinajstić information content (AvgIpc) is 2.65. The average molecular weight is 382 g/mol. The quantitative estimate of drug-likeness (QED) is 0.877. The smallest absolute Gasteiger partial charge is 0.318 e. The maximum atomic E-state index is 12.7. The largest absolute Gasteiger partial charge is 0.357 e. The molecule has 2 amide bonds. The van der Waals surface area contributed by atoms with Gasteiger partial charge in [0.1, 0.15) is 5.82 Å². The fourth-order valence-corrected chi connectivity index (χ4v) is 3.22. The third kappa shape index (κ3) is 4.43. The number of carbonyl (C=O) groups is 1. The normalized spacial score (nSPS) is 14.0. The molecule has 0 aliphatic carbocycles. The standard InChI is InChI=1S/C22H31N5O/c1-15(2)26(6)20-17-14-27(21(28)25-22(3,4)5)13-12-18(17)23-19(24-20)16-10-8-7-9-11-16/h7-11,15H,12-14H2,1-6H3,(H,25,28). The Labute approximate surface area is 168 Å². The maximum Gasteiger partial charge on any atom is 0.318 e. The zero-order valence-electron chi connectivity index (χ0n) is 17.8. The number of hydrogen-bond donors (Lipinski definition) is 1. The highest BCUT2D eigenvalue weighted by atomic mass is 16.2. The van der Waals surface area contributed by atoms with Crippen LogP contribution >= 0.6 is 0 Å². The van der Waals surface area contributed by atoms with Gasteiger partial charge in [-0.3, -0.25) is 0 Å². The van der Waals surface area contributed by atoms with E-state index in [1.807, 2.05) is 56.0 Å². The number of anilines is 1. The zero-order valence-corrected chi connectivity index (χ0v) is 17.8. The van der Waals surface area contributed by atoms with Crippen LogP contribution in [0.4, 0.5) is 10.6 Å². The van der Waals surface area contributed by atoms with Gasteiger partial charge < -0.3 is 15.1 Å². The first-order valence-electron chi connectivity index (χ1n) is 9.91. The van der Waals surface area contributed by atoms with E-state index in [9.17, 15) is 4.79 Å². The Balaban J connectivity index is 1.99. The van der Waals surface area contributed by atoms with Gasteiger partial charge in [0.25, 0.3) is 0 Å². The number of hydrogen-bond acceptors (Lipinski definition) is 4. The Morgan fingerprint density at radius 2 is 1.86 bits per heavy atom. The van der Waals surface area contributed by atoms with Crippen LogP contribution < -0.4 is 10.2 Å². The van der Waals surface area contributed by atoms with Gasteiger partial charge in [0.2, 0.25) is 0 Å². The fraction of sp³-hybridized carbons (Fsp3) is 0.500. The van der Waals surface area contributed by atoms with Gasteiger partial charge in [-0.2, -0.15) is 0 Å². The van der Waals surface area contributed by atoms with Crippen molar-refractivity contribution in [3.8, 4) is 11.4 Å². The molecule has 0 bridgehead atoms. The van der Waals surface area contributed by atoms with Crippen LogP contribution in [0.1, 0.15) is 45.9 Å². The van der Waals surface area contributed by atoms with Crippen LogP contribution in [0.2, 0.25) is 0 Å². The van der Waals surface area contributed by atoms with E-state index >= 15 is 0 Å². The van der Waals surface area contributed by atoms with Gasteiger partial charge in [-0.15, -0.1) is 0 Å². The third-order valence-corrected chi connectivity index (χ3v) is 4.95. The van der Waals surface area contributed by atoms with E-state index in [1.165, 1.54) is 0 Å². The lowest BCUT2D eigenvalue weighted by Crippen LogP contribution is -2.50. The second-order valence-electron chi connectivity index (χ2n) is 8.72. The number of fused-ring (bicyclic) bond motifs is 1. The van der Waals surface area contributed by atoms with E-state index in [0.29, 0.717) is 19.1 Å². The molecular weight excluding hydrogens is 350 g/mol. The van der Waals surface area contributed by atoms with E-state index in [0.717, 1.165) is 34.9 Å². The SMILES string of the molecule is CC(C)N(C)c1nc(-c2ccccc2)nc2c1CN(C(=O)NC(C)(C)C)CC2. The molecule has 150 valence electrons. The molecule has 1 aliphatic rings. The Morgan fingerprint density at radius 3 is 2.46 bits per heavy atom. The Morgan fingerprint density at radius 1 is 1.18 bits per heavy atom. The third-order valence-electron chi connectivity index (χ3n) is 4.95. The molecule has 1 aromatic heterocycles. The van der Waals surface area contributed by atoms with Crippen LogP contribution in [0.25, 0.3) is 11.4 Å². The highest BCUT2D eigenvalue weighted by molar-refractivity contribution is 5.76. The molecule has 6 nitrogen and oxygen atoms in total. The number of amides is 2. The summed E-state index contributed by atoms with van der Waals surface area (Å²) >= 11 is 0. The lowest BCUT2D eigenvalue weighted by molar-refractivity contribution is 0.183. The van der Waals surface area contributed by atoms with Crippen molar-refractivity contribution in [3.05, 3.63) is 41.6 Å². The van der Waals surface area contributed by atoms with Crippen LogP contribution in [0.5, 0.6) is 0 Å². The number of nitrogens with one attached hydrogen (secondary N) is 1. The molecule has 0 unspecified atom stereocenters. The number of carbonyl (C=O) groups excluding carboxylic acids is 1. The molecule has 2 heterocycles. The number of rotatable bonds is 3. The molecule has 1 aromatic carbocycles. The van der Waals surface area contributed by atoms with Crippen molar-refractivity contribution < 1.29 is 4.79 Å². The fourth-order valence-electron chi connectivity index (χ4n) is 3.22. The molecule has 1 aliphatic heterocycles. The van der Waals surface area contributed by atoms with E-state index < -0.39 is 0 Å². The van der Waals surface area contributed by atoms with Crippen LogP contribution in [0.3, 0.4) is 0 Å². The molecule has 1 N–H and O–H groups in total. The summed E-state index contributed by atoms with van der Waals surface area (Å²) in [7, 11) is 2.05. The molecule has 0 fully saturated rings. The lowest BCUT2D eigenvalue weighted by atomic mass is 10.0. The maximum absolute atomic E-state index is 12.7. The van der Waals surface area contributed by atoms with Crippen LogP contribution in [0, 0.1) is 0 Å². The Kier molecular flexibility index (Phi) is 5.59. The van der Waals surface area contributed by atoms with Crippen molar-refractivity contribution in [3.63, 3.8) is 0 Å². The second-order valence-corrected chi connectivity index (χ2v) is 8.72. The van der Waals surface area contributed by atoms with Gasteiger partial charge in [0.15, 0.2) is 5.82 Å². The van der Waals surface area contributed by atoms with Crippen LogP contribution in [-0.2, 0) is 13.0 Å². The van der Waals surface area contributed by atoms with Gasteiger partial charge in [0.05, 0.1) is 12.2 Å². The Bertz CT molecular complexity index is 842. The van der Waals surface area contributed by atoms with Crippen molar-refractivity contribution in [2.45, 2.75) is 59.2 Å². The lowest BCUT2D eigenvalue weighted by Gasteiger charge is -2.34. The van der Waals surface area contributed by atoms with Gasteiger partial charge >= 0.3 is 6.03 Å². The van der Waals surface area contributed by atoms with Gasteiger partial charge in [0, 0.05) is 42.7 Å². The summed E-state index contributed by atoms with van der Waals surface area (Å²) in [6.45, 7) is 11.5. The molecule has 3 rings (SSSR count). The van der Waals surface area contributed by atoms with Crippen LogP contribution in [0.15, 0.2) is 30.3 Å². The first-order valence-corrected chi connectivity index (χ1v) is 9.91. The predicted octanol–water partition coefficient (Wildman–Crippen LogP) is 3.85. The molecule has 0 saturated carbocycles. The molecule has 0 radical (unpaired) electrons. The zero-order chi connectivity index (χ0) is 20.5. The molecular formula is C22H31N5O. The molecule has 2 aromatic rings.